The van der Waals surface area contributed by atoms with Gasteiger partial charge < -0.3 is 14.8 Å². The van der Waals surface area contributed by atoms with Gasteiger partial charge in [-0.15, -0.1) is 22.0 Å². The molecule has 0 aliphatic heterocycles. The number of H-pyrrole nitrogens is 1. The smallest absolute Gasteiger partial charge is 0.295 e. The van der Waals surface area contributed by atoms with Crippen LogP contribution in [0.25, 0.3) is 10.9 Å². The largest absolute Gasteiger partial charge is 0.497 e. The number of carbonyl (C=O) groups is 1. The van der Waals surface area contributed by atoms with E-state index in [0.29, 0.717) is 27.2 Å². The maximum Gasteiger partial charge on any atom is 0.295 e. The molecule has 2 N–H and O–H groups in total. The molecule has 4 aromatic rings. The first-order valence-electron chi connectivity index (χ1n) is 9.35. The number of benzene rings is 3. The number of hydrogen-bond acceptors (Lipinski definition) is 5. The highest BCUT2D eigenvalue weighted by Gasteiger charge is 2.12. The van der Waals surface area contributed by atoms with Crippen LogP contribution in [-0.2, 0) is 5.75 Å². The Morgan fingerprint density at radius 2 is 1.84 bits per heavy atom. The van der Waals surface area contributed by atoms with Gasteiger partial charge in [-0.05, 0) is 60.2 Å². The molecule has 4 rings (SSSR count). The van der Waals surface area contributed by atoms with Crippen LogP contribution >= 0.6 is 23.4 Å². The second kappa shape index (κ2) is 9.24. The lowest BCUT2D eigenvalue weighted by molar-refractivity contribution is 0.0995. The number of carbonyl (C=O) groups excluding carboxylic acids is 1. The van der Waals surface area contributed by atoms with Crippen molar-refractivity contribution in [2.45, 2.75) is 10.6 Å². The second-order valence-electron chi connectivity index (χ2n) is 6.68. The summed E-state index contributed by atoms with van der Waals surface area (Å²) in [6.07, 6.45) is 0. The molecule has 156 valence electrons. The number of aromatic amines is 1. The van der Waals surface area contributed by atoms with Crippen molar-refractivity contribution in [1.29, 1.82) is 0 Å². The van der Waals surface area contributed by atoms with Crippen molar-refractivity contribution in [3.8, 4) is 11.6 Å². The molecule has 0 saturated carbocycles. The van der Waals surface area contributed by atoms with Crippen molar-refractivity contribution in [2.75, 3.05) is 7.11 Å². The molecule has 0 radical (unpaired) electrons. The van der Waals surface area contributed by atoms with E-state index in [1.54, 1.807) is 49.2 Å². The highest BCUT2D eigenvalue weighted by molar-refractivity contribution is 7.98. The van der Waals surface area contributed by atoms with E-state index >= 15 is 0 Å². The topological polar surface area (TPSA) is 87.0 Å². The Hall–Kier alpha value is -3.29. The van der Waals surface area contributed by atoms with E-state index in [1.807, 2.05) is 36.4 Å². The summed E-state index contributed by atoms with van der Waals surface area (Å²) in [5, 5.41) is 19.2. The second-order valence-corrected chi connectivity index (χ2v) is 8.16. The third kappa shape index (κ3) is 4.90. The van der Waals surface area contributed by atoms with Gasteiger partial charge in [-0.25, -0.2) is 0 Å². The fourth-order valence-corrected chi connectivity index (χ4v) is 3.95. The number of nitrogens with one attached hydrogen (secondary N) is 1. The predicted octanol–water partition coefficient (Wildman–Crippen LogP) is 6.75. The molecule has 0 saturated heterocycles. The molecular weight excluding hydrogens is 434 g/mol. The van der Waals surface area contributed by atoms with Crippen LogP contribution in [0.2, 0.25) is 5.02 Å². The van der Waals surface area contributed by atoms with Crippen molar-refractivity contribution in [3.63, 3.8) is 0 Å². The first-order valence-corrected chi connectivity index (χ1v) is 10.7. The van der Waals surface area contributed by atoms with Crippen LogP contribution in [0, 0.1) is 0 Å². The molecule has 0 bridgehead atoms. The number of azo groups is 1. The average molecular weight is 452 g/mol. The minimum absolute atomic E-state index is 0.158. The Bertz CT molecular complexity index is 1250. The van der Waals surface area contributed by atoms with Crippen molar-refractivity contribution in [3.05, 3.63) is 82.9 Å². The van der Waals surface area contributed by atoms with E-state index in [-0.39, 0.29) is 11.6 Å². The maximum atomic E-state index is 12.4. The molecule has 0 fully saturated rings. The van der Waals surface area contributed by atoms with E-state index in [9.17, 15) is 9.90 Å². The number of hydrogen-bond donors (Lipinski definition) is 2. The Morgan fingerprint density at radius 1 is 1.10 bits per heavy atom. The van der Waals surface area contributed by atoms with Gasteiger partial charge in [0, 0.05) is 26.6 Å². The highest BCUT2D eigenvalue weighted by Crippen LogP contribution is 2.37. The minimum atomic E-state index is -0.492. The summed E-state index contributed by atoms with van der Waals surface area (Å²) in [5.41, 5.74) is 2.36. The number of amides is 1. The lowest BCUT2D eigenvalue weighted by atomic mass is 10.1. The summed E-state index contributed by atoms with van der Waals surface area (Å²) < 4.78 is 5.20. The number of methoxy groups -OCH3 is 1. The monoisotopic (exact) mass is 451 g/mol. The summed E-state index contributed by atoms with van der Waals surface area (Å²) in [7, 11) is 1.55. The summed E-state index contributed by atoms with van der Waals surface area (Å²) in [4.78, 5) is 16.4. The van der Waals surface area contributed by atoms with Crippen molar-refractivity contribution in [1.82, 2.24) is 4.98 Å². The fourth-order valence-electron chi connectivity index (χ4n) is 2.96. The third-order valence-electron chi connectivity index (χ3n) is 4.62. The van der Waals surface area contributed by atoms with Gasteiger partial charge in [0.25, 0.3) is 5.91 Å². The lowest BCUT2D eigenvalue weighted by Gasteiger charge is -2.03. The zero-order valence-corrected chi connectivity index (χ0v) is 18.1. The summed E-state index contributed by atoms with van der Waals surface area (Å²) in [6.45, 7) is 0. The molecule has 0 spiro atoms. The molecule has 0 aliphatic rings. The van der Waals surface area contributed by atoms with E-state index < -0.39 is 5.91 Å². The molecule has 8 heteroatoms. The number of ether oxygens (including phenoxy) is 1. The molecular formula is C23H18ClN3O3S. The van der Waals surface area contributed by atoms with Crippen LogP contribution in [-0.4, -0.2) is 23.1 Å². The quantitative estimate of drug-likeness (QED) is 0.250. The highest BCUT2D eigenvalue weighted by atomic mass is 35.5. The van der Waals surface area contributed by atoms with Crippen molar-refractivity contribution < 1.29 is 14.6 Å². The van der Waals surface area contributed by atoms with E-state index in [1.165, 1.54) is 0 Å². The SMILES string of the molecule is COc1ccc2[nH]c(O)c(N=NC(=O)c3ccc(CSc4ccc(Cl)cc4)cc3)c2c1. The van der Waals surface area contributed by atoms with Gasteiger partial charge >= 0.3 is 0 Å². The molecule has 0 unspecified atom stereocenters. The number of nitrogens with zero attached hydrogens (tertiary/aromatic N) is 2. The number of halogens is 1. The minimum Gasteiger partial charge on any atom is -0.497 e. The van der Waals surface area contributed by atoms with Gasteiger partial charge in [0.15, 0.2) is 5.69 Å². The van der Waals surface area contributed by atoms with Gasteiger partial charge in [0.1, 0.15) is 5.75 Å². The first kappa shape index (κ1) is 21.0. The Kier molecular flexibility index (Phi) is 6.25. The first-order chi connectivity index (χ1) is 15.0. The molecule has 1 heterocycles. The van der Waals surface area contributed by atoms with E-state index in [0.717, 1.165) is 16.2 Å². The van der Waals surface area contributed by atoms with Crippen LogP contribution in [0.15, 0.2) is 81.9 Å². The zero-order chi connectivity index (χ0) is 21.8. The lowest BCUT2D eigenvalue weighted by Crippen LogP contribution is -1.94. The van der Waals surface area contributed by atoms with Gasteiger partial charge in [-0.3, -0.25) is 4.79 Å². The van der Waals surface area contributed by atoms with Gasteiger partial charge in [-0.1, -0.05) is 23.7 Å². The molecule has 31 heavy (non-hydrogen) atoms. The summed E-state index contributed by atoms with van der Waals surface area (Å²) >= 11 is 7.59. The van der Waals surface area contributed by atoms with Gasteiger partial charge in [0.2, 0.25) is 5.88 Å². The fraction of sp³-hybridized carbons (Fsp3) is 0.0870. The van der Waals surface area contributed by atoms with Crippen molar-refractivity contribution in [2.24, 2.45) is 10.2 Å². The number of rotatable bonds is 6. The van der Waals surface area contributed by atoms with Crippen LogP contribution in [0.1, 0.15) is 15.9 Å². The van der Waals surface area contributed by atoms with Crippen LogP contribution < -0.4 is 4.74 Å². The molecule has 1 amide bonds. The normalized spacial score (nSPS) is 11.3. The number of aromatic nitrogens is 1. The Labute approximate surface area is 187 Å². The van der Waals surface area contributed by atoms with E-state index in [2.05, 4.69) is 15.2 Å². The Morgan fingerprint density at radius 3 is 2.55 bits per heavy atom. The number of thioether (sulfide) groups is 1. The summed E-state index contributed by atoms with van der Waals surface area (Å²) in [5.74, 6) is 0.729. The molecule has 3 aromatic carbocycles. The summed E-state index contributed by atoms with van der Waals surface area (Å²) in [6, 6.07) is 20.1. The van der Waals surface area contributed by atoms with Gasteiger partial charge in [-0.2, -0.15) is 0 Å². The predicted molar refractivity (Wildman–Crippen MR) is 123 cm³/mol. The zero-order valence-electron chi connectivity index (χ0n) is 16.5. The standard InChI is InChI=1S/C23H18ClN3O3S/c1-30-17-8-11-20-19(12-17)21(23(29)25-20)26-27-22(28)15-4-2-14(3-5-15)13-31-18-9-6-16(24)7-10-18/h2-12,25,29H,13H2,1H3. The molecule has 0 atom stereocenters. The Balaban J connectivity index is 1.45. The third-order valence-corrected chi connectivity index (χ3v) is 5.96. The molecule has 1 aromatic heterocycles. The van der Waals surface area contributed by atoms with E-state index in [4.69, 9.17) is 16.3 Å². The van der Waals surface area contributed by atoms with Gasteiger partial charge in [0.05, 0.1) is 12.6 Å². The average Bonchev–Trinajstić information content (AvgIpc) is 3.11. The molecule has 0 aliphatic carbocycles. The molecule has 6 nitrogen and oxygen atoms in total. The maximum absolute atomic E-state index is 12.4. The van der Waals surface area contributed by atoms with Crippen LogP contribution in [0.5, 0.6) is 11.6 Å². The number of aromatic hydroxyl groups is 1. The number of fused-ring (bicyclic) bond motifs is 1. The van der Waals surface area contributed by atoms with Crippen molar-refractivity contribution >= 4 is 45.9 Å². The van der Waals surface area contributed by atoms with Crippen LogP contribution in [0.3, 0.4) is 0 Å². The van der Waals surface area contributed by atoms with Crippen LogP contribution in [0.4, 0.5) is 5.69 Å².